The number of fused-ring (bicyclic) bond motifs is 1. The van der Waals surface area contributed by atoms with Crippen molar-refractivity contribution in [1.29, 1.82) is 0 Å². The Hall–Kier alpha value is -4.42. The van der Waals surface area contributed by atoms with Gasteiger partial charge in [0, 0.05) is 32.7 Å². The van der Waals surface area contributed by atoms with E-state index in [2.05, 4.69) is 15.2 Å². The molecule has 2 aromatic heterocycles. The number of nitrogens with one attached hydrogen (secondary N) is 1. The lowest BCUT2D eigenvalue weighted by Gasteiger charge is -2.14. The van der Waals surface area contributed by atoms with E-state index < -0.39 is 10.0 Å². The first-order chi connectivity index (χ1) is 20.2. The van der Waals surface area contributed by atoms with E-state index in [1.807, 2.05) is 48.5 Å². The highest BCUT2D eigenvalue weighted by Crippen LogP contribution is 2.39. The average molecular weight is 616 g/mol. The third-order valence-corrected chi connectivity index (χ3v) is 8.80. The van der Waals surface area contributed by atoms with Gasteiger partial charge >= 0.3 is 0 Å². The maximum Gasteiger partial charge on any atom is 0.263 e. The maximum absolute atomic E-state index is 13.6. The molecular weight excluding hydrogens is 594 g/mol. The van der Waals surface area contributed by atoms with Crippen LogP contribution >= 0.6 is 23.4 Å². The second-order valence-electron chi connectivity index (χ2n) is 9.23. The fourth-order valence-electron chi connectivity index (χ4n) is 4.61. The van der Waals surface area contributed by atoms with Crippen molar-refractivity contribution >= 4 is 44.3 Å². The van der Waals surface area contributed by atoms with E-state index in [0.29, 0.717) is 43.4 Å². The van der Waals surface area contributed by atoms with Crippen LogP contribution in [0.2, 0.25) is 5.02 Å². The summed E-state index contributed by atoms with van der Waals surface area (Å²) >= 11 is 7.53. The molecule has 0 spiro atoms. The minimum Gasteiger partial charge on any atom is -0.497 e. The van der Waals surface area contributed by atoms with Gasteiger partial charge in [0.2, 0.25) is 15.2 Å². The van der Waals surface area contributed by atoms with E-state index in [0.717, 1.165) is 28.3 Å². The van der Waals surface area contributed by atoms with Crippen LogP contribution in [0.25, 0.3) is 39.1 Å². The molecule has 0 amide bonds. The third kappa shape index (κ3) is 5.30. The number of H-pyrrole nitrogens is 1. The van der Waals surface area contributed by atoms with Crippen LogP contribution in [-0.4, -0.2) is 35.3 Å². The highest BCUT2D eigenvalue weighted by Gasteiger charge is 2.22. The molecule has 42 heavy (non-hydrogen) atoms. The van der Waals surface area contributed by atoms with Crippen LogP contribution < -0.4 is 15.4 Å². The standard InChI is InChI=1S/C30H22ClN5O4S2/c1-40-22-12-7-19(8-13-22)28-34-35-30(36(28)21-10-14-23(15-11-21)42(32,38)39)41-27-26(18-5-3-2-4-6-18)24-17-20(31)9-16-25(24)33-29(27)37/h2-17H,1H3,(H,33,37)(H2,32,38,39). The van der Waals surface area contributed by atoms with Gasteiger partial charge in [-0.15, -0.1) is 10.2 Å². The lowest BCUT2D eigenvalue weighted by atomic mass is 10.0. The second kappa shape index (κ2) is 11.1. The first-order valence-corrected chi connectivity index (χ1v) is 15.3. The minimum atomic E-state index is -3.90. The maximum atomic E-state index is 13.6. The van der Waals surface area contributed by atoms with Crippen LogP contribution in [0, 0.1) is 0 Å². The average Bonchev–Trinajstić information content (AvgIpc) is 3.41. The van der Waals surface area contributed by atoms with E-state index in [1.165, 1.54) is 12.1 Å². The number of nitrogens with zero attached hydrogens (tertiary/aromatic N) is 3. The van der Waals surface area contributed by atoms with Crippen LogP contribution in [0.3, 0.4) is 0 Å². The monoisotopic (exact) mass is 615 g/mol. The second-order valence-corrected chi connectivity index (χ2v) is 12.2. The third-order valence-electron chi connectivity index (χ3n) is 6.59. The Morgan fingerprint density at radius 1 is 0.905 bits per heavy atom. The predicted octanol–water partition coefficient (Wildman–Crippen LogP) is 5.90. The molecule has 2 heterocycles. The van der Waals surface area contributed by atoms with Gasteiger partial charge in [0.15, 0.2) is 5.82 Å². The minimum absolute atomic E-state index is 0.0336. The van der Waals surface area contributed by atoms with Gasteiger partial charge in [0.05, 0.1) is 16.9 Å². The van der Waals surface area contributed by atoms with Crippen molar-refractivity contribution in [2.24, 2.45) is 5.14 Å². The molecule has 3 N–H and O–H groups in total. The number of primary sulfonamides is 1. The SMILES string of the molecule is COc1ccc(-c2nnc(Sc3c(-c4ccccc4)c4cc(Cl)ccc4[nH]c3=O)n2-c2ccc(S(N)(=O)=O)cc2)cc1. The highest BCUT2D eigenvalue weighted by molar-refractivity contribution is 7.99. The van der Waals surface area contributed by atoms with Gasteiger partial charge in [0.25, 0.3) is 5.56 Å². The molecule has 12 heteroatoms. The number of nitrogens with two attached hydrogens (primary N) is 1. The molecule has 0 aliphatic heterocycles. The van der Waals surface area contributed by atoms with Crippen molar-refractivity contribution in [2.45, 2.75) is 14.9 Å². The van der Waals surface area contributed by atoms with Gasteiger partial charge in [-0.3, -0.25) is 9.36 Å². The van der Waals surface area contributed by atoms with Crippen LogP contribution in [0.5, 0.6) is 5.75 Å². The molecule has 6 aromatic rings. The van der Waals surface area contributed by atoms with Crippen molar-refractivity contribution in [3.8, 4) is 34.0 Å². The zero-order valence-corrected chi connectivity index (χ0v) is 24.4. The highest BCUT2D eigenvalue weighted by atomic mass is 35.5. The molecule has 0 unspecified atom stereocenters. The van der Waals surface area contributed by atoms with E-state index in [-0.39, 0.29) is 10.5 Å². The summed E-state index contributed by atoms with van der Waals surface area (Å²) < 4.78 is 30.9. The summed E-state index contributed by atoms with van der Waals surface area (Å²) in [7, 11) is -2.32. The molecule has 6 rings (SSSR count). The van der Waals surface area contributed by atoms with E-state index in [1.54, 1.807) is 48.1 Å². The first kappa shape index (κ1) is 27.7. The number of sulfonamides is 1. The molecule has 210 valence electrons. The summed E-state index contributed by atoms with van der Waals surface area (Å²) in [6.45, 7) is 0. The quantitative estimate of drug-likeness (QED) is 0.228. The summed E-state index contributed by atoms with van der Waals surface area (Å²) in [6, 6.07) is 28.2. The normalized spacial score (nSPS) is 11.6. The number of hydrogen-bond donors (Lipinski definition) is 2. The molecule has 0 aliphatic rings. The Balaban J connectivity index is 1.57. The summed E-state index contributed by atoms with van der Waals surface area (Å²) in [4.78, 5) is 16.9. The molecule has 0 bridgehead atoms. The molecule has 0 atom stereocenters. The lowest BCUT2D eigenvalue weighted by molar-refractivity contribution is 0.415. The van der Waals surface area contributed by atoms with Gasteiger partial charge in [0.1, 0.15) is 5.75 Å². The fourth-order valence-corrected chi connectivity index (χ4v) is 6.32. The van der Waals surface area contributed by atoms with Crippen molar-refractivity contribution in [3.63, 3.8) is 0 Å². The number of halogens is 1. The van der Waals surface area contributed by atoms with Gasteiger partial charge < -0.3 is 9.72 Å². The molecule has 4 aromatic carbocycles. The number of aromatic nitrogens is 4. The van der Waals surface area contributed by atoms with Crippen molar-refractivity contribution in [1.82, 2.24) is 19.7 Å². The van der Waals surface area contributed by atoms with Crippen molar-refractivity contribution < 1.29 is 13.2 Å². The van der Waals surface area contributed by atoms with Crippen LogP contribution in [0.1, 0.15) is 0 Å². The van der Waals surface area contributed by atoms with E-state index >= 15 is 0 Å². The van der Waals surface area contributed by atoms with Crippen LogP contribution in [0.15, 0.2) is 117 Å². The van der Waals surface area contributed by atoms with Gasteiger partial charge in [-0.2, -0.15) is 0 Å². The van der Waals surface area contributed by atoms with Crippen molar-refractivity contribution in [3.05, 3.63) is 112 Å². The van der Waals surface area contributed by atoms with Crippen molar-refractivity contribution in [2.75, 3.05) is 7.11 Å². The largest absolute Gasteiger partial charge is 0.497 e. The Morgan fingerprint density at radius 2 is 1.62 bits per heavy atom. The zero-order chi connectivity index (χ0) is 29.4. The number of ether oxygens (including phenoxy) is 1. The number of aromatic amines is 1. The number of methoxy groups -OCH3 is 1. The predicted molar refractivity (Wildman–Crippen MR) is 164 cm³/mol. The zero-order valence-electron chi connectivity index (χ0n) is 22.0. The van der Waals surface area contributed by atoms with Gasteiger partial charge in [-0.05, 0) is 84.1 Å². The lowest BCUT2D eigenvalue weighted by Crippen LogP contribution is -2.12. The first-order valence-electron chi connectivity index (χ1n) is 12.5. The number of benzene rings is 4. The van der Waals surface area contributed by atoms with Crippen LogP contribution in [-0.2, 0) is 10.0 Å². The van der Waals surface area contributed by atoms with Gasteiger partial charge in [-0.1, -0.05) is 41.9 Å². The molecule has 9 nitrogen and oxygen atoms in total. The van der Waals surface area contributed by atoms with E-state index in [9.17, 15) is 13.2 Å². The summed E-state index contributed by atoms with van der Waals surface area (Å²) in [5.74, 6) is 1.15. The van der Waals surface area contributed by atoms with E-state index in [4.69, 9.17) is 21.5 Å². The Morgan fingerprint density at radius 3 is 2.29 bits per heavy atom. The number of hydrogen-bond acceptors (Lipinski definition) is 7. The molecular formula is C30H22ClN5O4S2. The smallest absolute Gasteiger partial charge is 0.263 e. The number of rotatable bonds is 7. The molecule has 0 saturated carbocycles. The Kier molecular flexibility index (Phi) is 7.33. The number of pyridine rings is 1. The van der Waals surface area contributed by atoms with Crippen LogP contribution in [0.4, 0.5) is 0 Å². The molecule has 0 aliphatic carbocycles. The Bertz CT molecular complexity index is 2100. The molecule has 0 saturated heterocycles. The molecule has 0 radical (unpaired) electrons. The molecule has 0 fully saturated rings. The fraction of sp³-hybridized carbons (Fsp3) is 0.0333. The Labute approximate surface area is 250 Å². The summed E-state index contributed by atoms with van der Waals surface area (Å²) in [6.07, 6.45) is 0. The summed E-state index contributed by atoms with van der Waals surface area (Å²) in [5.41, 5.74) is 3.17. The topological polar surface area (TPSA) is 133 Å². The van der Waals surface area contributed by atoms with Gasteiger partial charge in [-0.25, -0.2) is 13.6 Å². The summed E-state index contributed by atoms with van der Waals surface area (Å²) in [5, 5.41) is 16.0.